The highest BCUT2D eigenvalue weighted by Gasteiger charge is 2.34. The predicted octanol–water partition coefficient (Wildman–Crippen LogP) is 1.65. The van der Waals surface area contributed by atoms with Gasteiger partial charge in [0.15, 0.2) is 16.4 Å². The number of amides is 1. The molecule has 1 aliphatic heterocycles. The van der Waals surface area contributed by atoms with Gasteiger partial charge in [-0.25, -0.2) is 8.42 Å². The first-order chi connectivity index (χ1) is 11.4. The monoisotopic (exact) mass is 373 g/mol. The normalized spacial score (nSPS) is 19.1. The Kier molecular flexibility index (Phi) is 6.79. The maximum Gasteiger partial charge on any atom is 0.311 e. The summed E-state index contributed by atoms with van der Waals surface area (Å²) in [6.07, 6.45) is 2.31. The maximum atomic E-state index is 12.4. The van der Waals surface area contributed by atoms with E-state index in [1.54, 1.807) is 4.90 Å². The summed E-state index contributed by atoms with van der Waals surface area (Å²) in [5.41, 5.74) is 0. The molecule has 0 radical (unpaired) electrons. The molecular formula is C16H23NO5S2. The molecule has 0 N–H and O–H groups in total. The average Bonchev–Trinajstić information content (AvgIpc) is 3.15. The Bertz CT molecular complexity index is 654. The van der Waals surface area contributed by atoms with E-state index in [1.165, 1.54) is 11.3 Å². The molecule has 1 aliphatic rings. The van der Waals surface area contributed by atoms with Crippen molar-refractivity contribution < 1.29 is 22.7 Å². The first-order valence-electron chi connectivity index (χ1n) is 8.09. The fourth-order valence-corrected chi connectivity index (χ4v) is 5.11. The summed E-state index contributed by atoms with van der Waals surface area (Å²) in [6, 6.07) is 3.39. The average molecular weight is 373 g/mol. The fraction of sp³-hybridized carbons (Fsp3) is 0.625. The Morgan fingerprint density at radius 1 is 1.42 bits per heavy atom. The minimum Gasteiger partial charge on any atom is -0.455 e. The Morgan fingerprint density at radius 2 is 2.21 bits per heavy atom. The van der Waals surface area contributed by atoms with Crippen molar-refractivity contribution in [1.29, 1.82) is 0 Å². The molecule has 134 valence electrons. The minimum absolute atomic E-state index is 0.00555. The van der Waals surface area contributed by atoms with Crippen LogP contribution in [0.4, 0.5) is 0 Å². The molecule has 0 aromatic carbocycles. The van der Waals surface area contributed by atoms with Crippen molar-refractivity contribution in [2.45, 2.75) is 38.6 Å². The zero-order chi connectivity index (χ0) is 17.6. The van der Waals surface area contributed by atoms with Crippen molar-refractivity contribution in [3.8, 4) is 0 Å². The molecule has 0 bridgehead atoms. The van der Waals surface area contributed by atoms with E-state index in [4.69, 9.17) is 4.74 Å². The van der Waals surface area contributed by atoms with Crippen LogP contribution in [0.25, 0.3) is 0 Å². The van der Waals surface area contributed by atoms with Crippen LogP contribution in [0, 0.1) is 0 Å². The van der Waals surface area contributed by atoms with Gasteiger partial charge < -0.3 is 9.64 Å². The van der Waals surface area contributed by atoms with Crippen LogP contribution in [-0.4, -0.2) is 55.9 Å². The van der Waals surface area contributed by atoms with Crippen LogP contribution in [0.2, 0.25) is 0 Å². The Morgan fingerprint density at radius 3 is 2.79 bits per heavy atom. The molecule has 2 heterocycles. The molecule has 1 amide bonds. The van der Waals surface area contributed by atoms with Crippen LogP contribution >= 0.6 is 11.3 Å². The van der Waals surface area contributed by atoms with Crippen LogP contribution in [0.15, 0.2) is 17.5 Å². The summed E-state index contributed by atoms with van der Waals surface area (Å²) in [5.74, 6) is -0.637. The maximum absolute atomic E-state index is 12.4. The van der Waals surface area contributed by atoms with Crippen molar-refractivity contribution in [3.63, 3.8) is 0 Å². The van der Waals surface area contributed by atoms with Crippen molar-refractivity contribution in [2.24, 2.45) is 0 Å². The number of carbonyl (C=O) groups is 2. The number of unbranched alkanes of at least 4 members (excludes halogenated alkanes) is 1. The molecule has 1 aromatic rings. The van der Waals surface area contributed by atoms with Gasteiger partial charge >= 0.3 is 5.97 Å². The SMILES string of the molecule is CCCCN(C(=O)COC(=O)Cc1cccs1)C1CCS(=O)(=O)C1. The zero-order valence-corrected chi connectivity index (χ0v) is 15.4. The van der Waals surface area contributed by atoms with Gasteiger partial charge in [0.2, 0.25) is 0 Å². The van der Waals surface area contributed by atoms with E-state index in [-0.39, 0.29) is 36.5 Å². The van der Waals surface area contributed by atoms with Gasteiger partial charge in [0.25, 0.3) is 5.91 Å². The summed E-state index contributed by atoms with van der Waals surface area (Å²) in [5, 5.41) is 1.88. The van der Waals surface area contributed by atoms with Gasteiger partial charge in [-0.05, 0) is 24.3 Å². The highest BCUT2D eigenvalue weighted by molar-refractivity contribution is 7.91. The number of sulfone groups is 1. The van der Waals surface area contributed by atoms with Gasteiger partial charge in [-0.3, -0.25) is 9.59 Å². The third kappa shape index (κ3) is 5.59. The summed E-state index contributed by atoms with van der Waals surface area (Å²) in [4.78, 5) is 26.7. The lowest BCUT2D eigenvalue weighted by Crippen LogP contribution is -2.44. The number of hydrogen-bond acceptors (Lipinski definition) is 6. The quantitative estimate of drug-likeness (QED) is 0.647. The van der Waals surface area contributed by atoms with Gasteiger partial charge in [-0.2, -0.15) is 0 Å². The molecule has 1 unspecified atom stereocenters. The molecule has 6 nitrogen and oxygen atoms in total. The van der Waals surface area contributed by atoms with Crippen molar-refractivity contribution >= 4 is 33.1 Å². The highest BCUT2D eigenvalue weighted by Crippen LogP contribution is 2.19. The molecule has 1 atom stereocenters. The third-order valence-corrected chi connectivity index (χ3v) is 6.60. The van der Waals surface area contributed by atoms with E-state index >= 15 is 0 Å². The first-order valence-corrected chi connectivity index (χ1v) is 10.8. The Balaban J connectivity index is 1.88. The van der Waals surface area contributed by atoms with E-state index in [1.807, 2.05) is 24.4 Å². The van der Waals surface area contributed by atoms with Gasteiger partial charge in [0.1, 0.15) is 0 Å². The lowest BCUT2D eigenvalue weighted by atomic mass is 10.2. The van der Waals surface area contributed by atoms with Crippen molar-refractivity contribution in [3.05, 3.63) is 22.4 Å². The number of rotatable bonds is 8. The summed E-state index contributed by atoms with van der Waals surface area (Å²) < 4.78 is 28.4. The molecule has 24 heavy (non-hydrogen) atoms. The molecule has 1 saturated heterocycles. The largest absolute Gasteiger partial charge is 0.455 e. The number of nitrogens with zero attached hydrogens (tertiary/aromatic N) is 1. The van der Waals surface area contributed by atoms with Gasteiger partial charge in [0, 0.05) is 17.5 Å². The number of hydrogen-bond donors (Lipinski definition) is 0. The topological polar surface area (TPSA) is 80.8 Å². The summed E-state index contributed by atoms with van der Waals surface area (Å²) in [6.45, 7) is 2.18. The van der Waals surface area contributed by atoms with E-state index in [2.05, 4.69) is 0 Å². The van der Waals surface area contributed by atoms with Crippen LogP contribution < -0.4 is 0 Å². The van der Waals surface area contributed by atoms with E-state index in [9.17, 15) is 18.0 Å². The van der Waals surface area contributed by atoms with Crippen LogP contribution in [0.5, 0.6) is 0 Å². The standard InChI is InChI=1S/C16H23NO5S2/c1-2-3-7-17(13-6-9-24(20,21)12-13)15(18)11-22-16(19)10-14-5-4-8-23-14/h4-5,8,13H,2-3,6-7,9-12H2,1H3. The lowest BCUT2D eigenvalue weighted by Gasteiger charge is -2.28. The Hall–Kier alpha value is -1.41. The van der Waals surface area contributed by atoms with E-state index < -0.39 is 15.8 Å². The number of carbonyl (C=O) groups excluding carboxylic acids is 2. The highest BCUT2D eigenvalue weighted by atomic mass is 32.2. The number of thiophene rings is 1. The molecule has 0 saturated carbocycles. The van der Waals surface area contributed by atoms with Gasteiger partial charge in [-0.1, -0.05) is 19.4 Å². The Labute approximate surface area is 146 Å². The molecular weight excluding hydrogens is 350 g/mol. The van der Waals surface area contributed by atoms with Crippen molar-refractivity contribution in [2.75, 3.05) is 24.7 Å². The second kappa shape index (κ2) is 8.62. The smallest absolute Gasteiger partial charge is 0.311 e. The summed E-state index contributed by atoms with van der Waals surface area (Å²) >= 11 is 1.46. The molecule has 0 spiro atoms. The second-order valence-electron chi connectivity index (χ2n) is 5.91. The number of esters is 1. The van der Waals surface area contributed by atoms with Crippen LogP contribution in [0.3, 0.4) is 0 Å². The molecule has 1 aromatic heterocycles. The third-order valence-electron chi connectivity index (χ3n) is 3.98. The molecule has 1 fully saturated rings. The van der Waals surface area contributed by atoms with Crippen LogP contribution in [-0.2, 0) is 30.6 Å². The van der Waals surface area contributed by atoms with Gasteiger partial charge in [0.05, 0.1) is 17.9 Å². The van der Waals surface area contributed by atoms with Crippen molar-refractivity contribution in [1.82, 2.24) is 4.90 Å². The summed E-state index contributed by atoms with van der Waals surface area (Å²) in [7, 11) is -3.06. The molecule has 8 heteroatoms. The van der Waals surface area contributed by atoms with E-state index in [0.29, 0.717) is 13.0 Å². The first kappa shape index (κ1) is 18.9. The molecule has 0 aliphatic carbocycles. The zero-order valence-electron chi connectivity index (χ0n) is 13.8. The van der Waals surface area contributed by atoms with Crippen LogP contribution in [0.1, 0.15) is 31.1 Å². The second-order valence-corrected chi connectivity index (χ2v) is 9.18. The molecule has 2 rings (SSSR count). The minimum atomic E-state index is -3.06. The van der Waals surface area contributed by atoms with E-state index in [0.717, 1.165) is 17.7 Å². The predicted molar refractivity (Wildman–Crippen MR) is 92.7 cm³/mol. The van der Waals surface area contributed by atoms with Gasteiger partial charge in [-0.15, -0.1) is 11.3 Å². The lowest BCUT2D eigenvalue weighted by molar-refractivity contribution is -0.152. The fourth-order valence-electron chi connectivity index (χ4n) is 2.69. The number of ether oxygens (including phenoxy) is 1.